The third kappa shape index (κ3) is 3.59. The van der Waals surface area contributed by atoms with E-state index in [2.05, 4.69) is 20.2 Å². The molecule has 1 aromatic carbocycles. The Kier molecular flexibility index (Phi) is 5.13. The van der Waals surface area contributed by atoms with Gasteiger partial charge in [0.05, 0.1) is 17.9 Å². The van der Waals surface area contributed by atoms with Crippen molar-refractivity contribution in [2.45, 2.75) is 25.0 Å². The van der Waals surface area contributed by atoms with Crippen LogP contribution in [0.4, 0.5) is 8.78 Å². The molecule has 0 aliphatic carbocycles. The molecule has 0 amide bonds. The van der Waals surface area contributed by atoms with E-state index >= 15 is 0 Å². The summed E-state index contributed by atoms with van der Waals surface area (Å²) >= 11 is 0. The molecule has 0 radical (unpaired) electrons. The molecule has 3 aromatic heterocycles. The minimum atomic E-state index is -1.72. The Labute approximate surface area is 171 Å². The first-order chi connectivity index (χ1) is 14.4. The molecule has 7 nitrogen and oxygen atoms in total. The van der Waals surface area contributed by atoms with Gasteiger partial charge < -0.3 is 5.11 Å². The van der Waals surface area contributed by atoms with E-state index in [9.17, 15) is 13.9 Å². The van der Waals surface area contributed by atoms with Gasteiger partial charge in [0, 0.05) is 37.0 Å². The summed E-state index contributed by atoms with van der Waals surface area (Å²) in [5.41, 5.74) is 0.506. The lowest BCUT2D eigenvalue weighted by Gasteiger charge is -2.35. The predicted octanol–water partition coefficient (Wildman–Crippen LogP) is 3.04. The van der Waals surface area contributed by atoms with E-state index in [4.69, 9.17) is 0 Å². The maximum Gasteiger partial charge on any atom is 0.137 e. The lowest BCUT2D eigenvalue weighted by Crippen LogP contribution is -2.38. The number of halogens is 2. The molecule has 3 heterocycles. The van der Waals surface area contributed by atoms with Gasteiger partial charge in [-0.25, -0.2) is 18.4 Å². The molecular formula is C21H20F2N6O. The first-order valence-corrected chi connectivity index (χ1v) is 9.33. The minimum Gasteiger partial charge on any atom is -0.382 e. The molecule has 154 valence electrons. The molecule has 0 bridgehead atoms. The van der Waals surface area contributed by atoms with Crippen LogP contribution >= 0.6 is 0 Å². The van der Waals surface area contributed by atoms with Crippen LogP contribution in [-0.2, 0) is 19.2 Å². The van der Waals surface area contributed by atoms with Crippen LogP contribution in [0.15, 0.2) is 61.4 Å². The minimum absolute atomic E-state index is 0.0254. The van der Waals surface area contributed by atoms with Gasteiger partial charge in [0.15, 0.2) is 0 Å². The molecule has 0 fully saturated rings. The van der Waals surface area contributed by atoms with Gasteiger partial charge in [-0.3, -0.25) is 9.67 Å². The first kappa shape index (κ1) is 19.8. The van der Waals surface area contributed by atoms with Gasteiger partial charge in [-0.05, 0) is 23.8 Å². The lowest BCUT2D eigenvalue weighted by atomic mass is 9.78. The molecule has 30 heavy (non-hydrogen) atoms. The predicted molar refractivity (Wildman–Crippen MR) is 105 cm³/mol. The highest BCUT2D eigenvalue weighted by atomic mass is 19.1. The van der Waals surface area contributed by atoms with Crippen molar-refractivity contribution < 1.29 is 13.9 Å². The van der Waals surface area contributed by atoms with E-state index in [0.29, 0.717) is 5.56 Å². The number of aromatic nitrogens is 6. The second-order valence-electron chi connectivity index (χ2n) is 7.18. The van der Waals surface area contributed by atoms with Gasteiger partial charge in [0.2, 0.25) is 0 Å². The van der Waals surface area contributed by atoms with Crippen LogP contribution in [-0.4, -0.2) is 34.6 Å². The smallest absolute Gasteiger partial charge is 0.137 e. The number of benzene rings is 1. The van der Waals surface area contributed by atoms with Crippen molar-refractivity contribution in [2.75, 3.05) is 0 Å². The zero-order chi connectivity index (χ0) is 21.3. The standard InChI is InChI=1S/C21H20F2N6O/c1-14(15-3-6-19(25-10-15)20-7-8-26-28(20)2)21(30,11-29-13-24-12-27-29)17-5-4-16(22)9-18(17)23/h3-10,12-14,30H,11H2,1-2H3. The normalized spacial score (nSPS) is 14.4. The first-order valence-electron chi connectivity index (χ1n) is 9.33. The fourth-order valence-corrected chi connectivity index (χ4v) is 3.57. The van der Waals surface area contributed by atoms with E-state index < -0.39 is 23.2 Å². The Bertz CT molecular complexity index is 1140. The third-order valence-corrected chi connectivity index (χ3v) is 5.35. The Morgan fingerprint density at radius 1 is 1.13 bits per heavy atom. The molecule has 2 unspecified atom stereocenters. The molecule has 0 spiro atoms. The van der Waals surface area contributed by atoms with E-state index in [-0.39, 0.29) is 12.1 Å². The highest BCUT2D eigenvalue weighted by molar-refractivity contribution is 5.54. The third-order valence-electron chi connectivity index (χ3n) is 5.35. The van der Waals surface area contributed by atoms with E-state index in [1.807, 2.05) is 25.2 Å². The summed E-state index contributed by atoms with van der Waals surface area (Å²) in [5.74, 6) is -2.13. The quantitative estimate of drug-likeness (QED) is 0.528. The number of aryl methyl sites for hydroxylation is 1. The molecule has 4 rings (SSSR count). The van der Waals surface area contributed by atoms with E-state index in [0.717, 1.165) is 23.5 Å². The average molecular weight is 410 g/mol. The van der Waals surface area contributed by atoms with Crippen LogP contribution in [0.2, 0.25) is 0 Å². The molecular weight excluding hydrogens is 390 g/mol. The van der Waals surface area contributed by atoms with Crippen LogP contribution in [0.3, 0.4) is 0 Å². The summed E-state index contributed by atoms with van der Waals surface area (Å²) in [4.78, 5) is 8.37. The van der Waals surface area contributed by atoms with Crippen molar-refractivity contribution in [3.63, 3.8) is 0 Å². The van der Waals surface area contributed by atoms with Gasteiger partial charge in [0.1, 0.15) is 29.9 Å². The van der Waals surface area contributed by atoms with Crippen molar-refractivity contribution in [2.24, 2.45) is 7.05 Å². The van der Waals surface area contributed by atoms with Crippen molar-refractivity contribution in [3.8, 4) is 11.4 Å². The largest absolute Gasteiger partial charge is 0.382 e. The van der Waals surface area contributed by atoms with E-state index in [1.165, 1.54) is 23.4 Å². The van der Waals surface area contributed by atoms with Gasteiger partial charge in [-0.2, -0.15) is 10.2 Å². The van der Waals surface area contributed by atoms with Gasteiger partial charge in [-0.1, -0.05) is 19.1 Å². The number of pyridine rings is 1. The molecule has 0 saturated carbocycles. The zero-order valence-corrected chi connectivity index (χ0v) is 16.4. The summed E-state index contributed by atoms with van der Waals surface area (Å²) in [5, 5.41) is 19.8. The van der Waals surface area contributed by atoms with Gasteiger partial charge in [-0.15, -0.1) is 0 Å². The summed E-state index contributed by atoms with van der Waals surface area (Å²) in [7, 11) is 1.82. The topological polar surface area (TPSA) is 81.6 Å². The molecule has 0 aliphatic heterocycles. The van der Waals surface area contributed by atoms with Crippen molar-refractivity contribution in [1.82, 2.24) is 29.5 Å². The second kappa shape index (κ2) is 7.75. The fourth-order valence-electron chi connectivity index (χ4n) is 3.57. The molecule has 2 atom stereocenters. The molecule has 4 aromatic rings. The zero-order valence-electron chi connectivity index (χ0n) is 16.4. The number of aliphatic hydroxyl groups is 1. The lowest BCUT2D eigenvalue weighted by molar-refractivity contribution is -0.0112. The van der Waals surface area contributed by atoms with Crippen molar-refractivity contribution in [3.05, 3.63) is 84.2 Å². The Balaban J connectivity index is 1.74. The number of rotatable bonds is 6. The van der Waals surface area contributed by atoms with Crippen LogP contribution in [0.25, 0.3) is 11.4 Å². The molecule has 0 saturated heterocycles. The molecule has 1 N–H and O–H groups in total. The van der Waals surface area contributed by atoms with Crippen LogP contribution in [0, 0.1) is 11.6 Å². The van der Waals surface area contributed by atoms with E-state index in [1.54, 1.807) is 24.0 Å². The Morgan fingerprint density at radius 2 is 1.97 bits per heavy atom. The number of hydrogen-bond donors (Lipinski definition) is 1. The Morgan fingerprint density at radius 3 is 2.57 bits per heavy atom. The second-order valence-corrected chi connectivity index (χ2v) is 7.18. The molecule has 0 aliphatic rings. The van der Waals surface area contributed by atoms with Crippen LogP contribution < -0.4 is 0 Å². The Hall–Kier alpha value is -3.46. The summed E-state index contributed by atoms with van der Waals surface area (Å²) in [6.45, 7) is 1.70. The van der Waals surface area contributed by atoms with Gasteiger partial charge >= 0.3 is 0 Å². The maximum absolute atomic E-state index is 14.7. The highest BCUT2D eigenvalue weighted by Gasteiger charge is 2.40. The number of hydrogen-bond acceptors (Lipinski definition) is 5. The van der Waals surface area contributed by atoms with Crippen LogP contribution in [0.5, 0.6) is 0 Å². The highest BCUT2D eigenvalue weighted by Crippen LogP contribution is 2.39. The summed E-state index contributed by atoms with van der Waals surface area (Å²) < 4.78 is 31.3. The van der Waals surface area contributed by atoms with Crippen molar-refractivity contribution in [1.29, 1.82) is 0 Å². The summed E-state index contributed by atoms with van der Waals surface area (Å²) in [6.07, 6.45) is 6.09. The number of nitrogens with zero attached hydrogens (tertiary/aromatic N) is 6. The fraction of sp³-hybridized carbons (Fsp3) is 0.238. The SMILES string of the molecule is CC(c1ccc(-c2ccnn2C)nc1)C(O)(Cn1cncn1)c1ccc(F)cc1F. The van der Waals surface area contributed by atoms with Crippen LogP contribution in [0.1, 0.15) is 24.0 Å². The van der Waals surface area contributed by atoms with Crippen molar-refractivity contribution >= 4 is 0 Å². The average Bonchev–Trinajstić information content (AvgIpc) is 3.39. The molecule has 9 heteroatoms. The maximum atomic E-state index is 14.7. The monoisotopic (exact) mass is 410 g/mol. The van der Waals surface area contributed by atoms with Gasteiger partial charge in [0.25, 0.3) is 0 Å². The summed E-state index contributed by atoms with van der Waals surface area (Å²) in [6, 6.07) is 8.64.